The Morgan fingerprint density at radius 1 is 1.41 bits per heavy atom. The smallest absolute Gasteiger partial charge is 0.329 e. The molecule has 0 radical (unpaired) electrons. The number of aryl methyl sites for hydroxylation is 1. The Morgan fingerprint density at radius 2 is 2.17 bits per heavy atom. The fourth-order valence-corrected chi connectivity index (χ4v) is 2.76. The van der Waals surface area contributed by atoms with Crippen LogP contribution in [0.4, 0.5) is 11.6 Å². The summed E-state index contributed by atoms with van der Waals surface area (Å²) in [6, 6.07) is 6.05. The molecule has 0 aliphatic carbocycles. The molecule has 0 amide bonds. The molecule has 3 aromatic rings. The molecule has 12 heteroatoms. The highest BCUT2D eigenvalue weighted by Crippen LogP contribution is 2.17. The number of anilines is 1. The third kappa shape index (κ3) is 3.91. The number of hydrogen-bond donors (Lipinski definition) is 2. The van der Waals surface area contributed by atoms with E-state index in [0.717, 1.165) is 0 Å². The topological polar surface area (TPSA) is 149 Å². The standard InChI is InChI=1S/C17H19N7O5/c1-10(11-5-4-6-12(9-11)24(27)28)20-21-16-18-14-13(23(16)7-8-29-3)15(25)19-17(26)22(14)2/h4-6,9H,7-8H2,1-3H3,(H,18,21)(H,19,25,26)/b20-10-. The summed E-state index contributed by atoms with van der Waals surface area (Å²) in [5.41, 5.74) is 3.00. The summed E-state index contributed by atoms with van der Waals surface area (Å²) in [6.07, 6.45) is 0. The normalized spacial score (nSPS) is 11.8. The number of nitrogens with zero attached hydrogens (tertiary/aromatic N) is 5. The van der Waals surface area contributed by atoms with Gasteiger partial charge in [-0.15, -0.1) is 0 Å². The third-order valence-electron chi connectivity index (χ3n) is 4.32. The van der Waals surface area contributed by atoms with Gasteiger partial charge in [0.25, 0.3) is 11.2 Å². The Morgan fingerprint density at radius 3 is 2.86 bits per heavy atom. The molecule has 0 bridgehead atoms. The van der Waals surface area contributed by atoms with Crippen molar-refractivity contribution in [3.8, 4) is 0 Å². The van der Waals surface area contributed by atoms with Crippen molar-refractivity contribution in [2.45, 2.75) is 13.5 Å². The van der Waals surface area contributed by atoms with Gasteiger partial charge in [-0.1, -0.05) is 12.1 Å². The van der Waals surface area contributed by atoms with Crippen molar-refractivity contribution in [2.24, 2.45) is 12.1 Å². The molecule has 0 aliphatic heterocycles. The molecule has 0 saturated carbocycles. The molecular weight excluding hydrogens is 382 g/mol. The van der Waals surface area contributed by atoms with Crippen molar-refractivity contribution in [3.05, 3.63) is 60.8 Å². The number of hydrogen-bond acceptors (Lipinski definition) is 8. The van der Waals surface area contributed by atoms with Gasteiger partial charge in [0.1, 0.15) is 0 Å². The van der Waals surface area contributed by atoms with Crippen molar-refractivity contribution in [2.75, 3.05) is 19.1 Å². The van der Waals surface area contributed by atoms with Crippen LogP contribution in [0.15, 0.2) is 39.0 Å². The molecule has 29 heavy (non-hydrogen) atoms. The molecule has 152 valence electrons. The third-order valence-corrected chi connectivity index (χ3v) is 4.32. The number of benzene rings is 1. The quantitative estimate of drug-likeness (QED) is 0.338. The van der Waals surface area contributed by atoms with E-state index in [-0.39, 0.29) is 22.8 Å². The number of H-pyrrole nitrogens is 1. The van der Waals surface area contributed by atoms with Crippen LogP contribution in [0.3, 0.4) is 0 Å². The van der Waals surface area contributed by atoms with Gasteiger partial charge >= 0.3 is 5.69 Å². The second-order valence-corrected chi connectivity index (χ2v) is 6.19. The van der Waals surface area contributed by atoms with Crippen LogP contribution in [0.1, 0.15) is 12.5 Å². The summed E-state index contributed by atoms with van der Waals surface area (Å²) in [4.78, 5) is 41.2. The summed E-state index contributed by atoms with van der Waals surface area (Å²) in [6.45, 7) is 2.27. The fourth-order valence-electron chi connectivity index (χ4n) is 2.76. The maximum absolute atomic E-state index is 12.3. The number of aromatic amines is 1. The van der Waals surface area contributed by atoms with Gasteiger partial charge in [0, 0.05) is 38.4 Å². The number of ether oxygens (including phenoxy) is 1. The van der Waals surface area contributed by atoms with Crippen LogP contribution in [-0.2, 0) is 18.3 Å². The second kappa shape index (κ2) is 8.06. The van der Waals surface area contributed by atoms with Gasteiger partial charge < -0.3 is 9.30 Å². The van der Waals surface area contributed by atoms with E-state index in [2.05, 4.69) is 20.5 Å². The Balaban J connectivity index is 2.04. The lowest BCUT2D eigenvalue weighted by Gasteiger charge is -2.08. The van der Waals surface area contributed by atoms with Gasteiger partial charge in [0.2, 0.25) is 5.95 Å². The highest BCUT2D eigenvalue weighted by atomic mass is 16.6. The Kier molecular flexibility index (Phi) is 5.54. The molecule has 2 heterocycles. The molecule has 3 rings (SSSR count). The zero-order valence-electron chi connectivity index (χ0n) is 16.0. The van der Waals surface area contributed by atoms with Crippen molar-refractivity contribution in [3.63, 3.8) is 0 Å². The molecule has 0 saturated heterocycles. The predicted molar refractivity (Wildman–Crippen MR) is 106 cm³/mol. The summed E-state index contributed by atoms with van der Waals surface area (Å²) in [5.74, 6) is 0.230. The van der Waals surface area contributed by atoms with Gasteiger partial charge in [-0.2, -0.15) is 10.1 Å². The molecule has 1 aromatic carbocycles. The maximum Gasteiger partial charge on any atom is 0.329 e. The largest absolute Gasteiger partial charge is 0.383 e. The lowest BCUT2D eigenvalue weighted by molar-refractivity contribution is -0.384. The van der Waals surface area contributed by atoms with Crippen LogP contribution in [-0.4, -0.2) is 43.5 Å². The highest BCUT2D eigenvalue weighted by Gasteiger charge is 2.17. The van der Waals surface area contributed by atoms with E-state index in [1.807, 2.05) is 0 Å². The SMILES string of the molecule is COCCn1c(N/N=C(/C)c2cccc([N+](=O)[O-])c2)nc2c1c(=O)[nH]c(=O)n2C. The van der Waals surface area contributed by atoms with Crippen LogP contribution in [0.5, 0.6) is 0 Å². The number of nitrogens with one attached hydrogen (secondary N) is 2. The number of nitro benzene ring substituents is 1. The molecule has 0 aliphatic rings. The number of rotatable bonds is 7. The average Bonchev–Trinajstić information content (AvgIpc) is 3.07. The van der Waals surface area contributed by atoms with Crippen LogP contribution in [0, 0.1) is 10.1 Å². The minimum absolute atomic E-state index is 0.0501. The minimum atomic E-state index is -0.582. The number of hydrazone groups is 1. The van der Waals surface area contributed by atoms with E-state index in [1.165, 1.54) is 30.9 Å². The first kappa shape index (κ1) is 19.9. The number of nitro groups is 1. The number of aromatic nitrogens is 4. The Hall–Kier alpha value is -3.80. The lowest BCUT2D eigenvalue weighted by Crippen LogP contribution is -2.29. The van der Waals surface area contributed by atoms with Crippen molar-refractivity contribution in [1.29, 1.82) is 0 Å². The molecule has 0 spiro atoms. The first-order valence-electron chi connectivity index (χ1n) is 8.57. The number of imidazole rings is 1. The highest BCUT2D eigenvalue weighted by molar-refractivity contribution is 5.99. The van der Waals surface area contributed by atoms with E-state index < -0.39 is 16.2 Å². The van der Waals surface area contributed by atoms with Crippen molar-refractivity contribution >= 4 is 28.5 Å². The second-order valence-electron chi connectivity index (χ2n) is 6.19. The van der Waals surface area contributed by atoms with E-state index >= 15 is 0 Å². The fraction of sp³-hybridized carbons (Fsp3) is 0.294. The molecule has 0 atom stereocenters. The summed E-state index contributed by atoms with van der Waals surface area (Å²) >= 11 is 0. The van der Waals surface area contributed by atoms with Crippen molar-refractivity contribution in [1.82, 2.24) is 19.1 Å². The Bertz CT molecular complexity index is 1220. The van der Waals surface area contributed by atoms with Gasteiger partial charge in [0.15, 0.2) is 11.2 Å². The minimum Gasteiger partial charge on any atom is -0.383 e. The van der Waals surface area contributed by atoms with E-state index in [0.29, 0.717) is 24.4 Å². The first-order valence-corrected chi connectivity index (χ1v) is 8.57. The lowest BCUT2D eigenvalue weighted by atomic mass is 10.1. The van der Waals surface area contributed by atoms with Crippen LogP contribution < -0.4 is 16.7 Å². The molecule has 2 N–H and O–H groups in total. The number of methoxy groups -OCH3 is 1. The molecule has 0 fully saturated rings. The number of fused-ring (bicyclic) bond motifs is 1. The summed E-state index contributed by atoms with van der Waals surface area (Å²) in [5, 5.41) is 15.2. The summed E-state index contributed by atoms with van der Waals surface area (Å²) in [7, 11) is 3.02. The van der Waals surface area contributed by atoms with Gasteiger partial charge in [-0.3, -0.25) is 24.5 Å². The van der Waals surface area contributed by atoms with Gasteiger partial charge in [0.05, 0.1) is 17.2 Å². The first-order chi connectivity index (χ1) is 13.8. The molecule has 0 unspecified atom stereocenters. The van der Waals surface area contributed by atoms with E-state index in [9.17, 15) is 19.7 Å². The monoisotopic (exact) mass is 401 g/mol. The zero-order chi connectivity index (χ0) is 21.1. The average molecular weight is 401 g/mol. The maximum atomic E-state index is 12.3. The van der Waals surface area contributed by atoms with Crippen LogP contribution in [0.2, 0.25) is 0 Å². The van der Waals surface area contributed by atoms with Gasteiger partial charge in [-0.25, -0.2) is 10.2 Å². The van der Waals surface area contributed by atoms with Crippen LogP contribution >= 0.6 is 0 Å². The van der Waals surface area contributed by atoms with Crippen LogP contribution in [0.25, 0.3) is 11.2 Å². The molecule has 2 aromatic heterocycles. The van der Waals surface area contributed by atoms with E-state index in [4.69, 9.17) is 4.74 Å². The van der Waals surface area contributed by atoms with Crippen molar-refractivity contribution < 1.29 is 9.66 Å². The zero-order valence-corrected chi connectivity index (χ0v) is 16.0. The Labute approximate surface area is 163 Å². The predicted octanol–water partition coefficient (Wildman–Crippen LogP) is 0.814. The van der Waals surface area contributed by atoms with E-state index in [1.54, 1.807) is 23.6 Å². The number of non-ortho nitro benzene ring substituents is 1. The summed E-state index contributed by atoms with van der Waals surface area (Å²) < 4.78 is 7.87. The molecular formula is C17H19N7O5. The molecule has 12 nitrogen and oxygen atoms in total. The van der Waals surface area contributed by atoms with Gasteiger partial charge in [-0.05, 0) is 6.92 Å².